The number of fused-ring (bicyclic) bond motifs is 3. The van der Waals surface area contributed by atoms with Crippen LogP contribution in [0.15, 0.2) is 42.5 Å². The fourth-order valence-corrected chi connectivity index (χ4v) is 4.23. The minimum Gasteiger partial charge on any atom is -0.317 e. The summed E-state index contributed by atoms with van der Waals surface area (Å²) in [6, 6.07) is 13.6. The Balaban J connectivity index is 1.95. The molecule has 0 N–H and O–H groups in total. The molecule has 2 aromatic carbocycles. The zero-order valence-corrected chi connectivity index (χ0v) is 16.6. The monoisotopic (exact) mass is 362 g/mol. The van der Waals surface area contributed by atoms with Gasteiger partial charge in [-0.15, -0.1) is 0 Å². The molecule has 0 spiro atoms. The van der Waals surface area contributed by atoms with Crippen LogP contribution in [0.1, 0.15) is 36.2 Å². The topological polar surface area (TPSA) is 8.17 Å². The van der Waals surface area contributed by atoms with Gasteiger partial charge in [0.25, 0.3) is 0 Å². The van der Waals surface area contributed by atoms with Crippen LogP contribution in [0.25, 0.3) is 22.2 Å². The Morgan fingerprint density at radius 1 is 0.963 bits per heavy atom. The molecule has 3 aromatic rings. The van der Waals surface area contributed by atoms with E-state index in [9.17, 15) is 4.39 Å². The Kier molecular flexibility index (Phi) is 4.65. The van der Waals surface area contributed by atoms with E-state index < -0.39 is 0 Å². The van der Waals surface area contributed by atoms with Crippen LogP contribution in [0, 0.1) is 12.7 Å². The van der Waals surface area contributed by atoms with Crippen molar-refractivity contribution in [2.75, 3.05) is 20.1 Å². The number of hydrogen-bond donors (Lipinski definition) is 0. The molecule has 1 aliphatic heterocycles. The van der Waals surface area contributed by atoms with Gasteiger partial charge in [-0.3, -0.25) is 0 Å². The van der Waals surface area contributed by atoms with E-state index in [2.05, 4.69) is 55.5 Å². The van der Waals surface area contributed by atoms with Gasteiger partial charge in [-0.25, -0.2) is 4.39 Å². The average molecular weight is 362 g/mol. The van der Waals surface area contributed by atoms with Crippen molar-refractivity contribution in [1.82, 2.24) is 9.47 Å². The molecule has 0 saturated heterocycles. The van der Waals surface area contributed by atoms with Gasteiger partial charge >= 0.3 is 0 Å². The Hall–Kier alpha value is -2.39. The number of rotatable bonds is 2. The molecule has 0 fully saturated rings. The maximum Gasteiger partial charge on any atom is 0.123 e. The molecule has 0 amide bonds. The number of likely N-dealkylation sites (N-methyl/N-ethyl adjacent to an activating group) is 1. The lowest BCUT2D eigenvalue weighted by Crippen LogP contribution is -2.21. The van der Waals surface area contributed by atoms with Crippen LogP contribution in [0.5, 0.6) is 0 Å². The number of hydrogen-bond acceptors (Lipinski definition) is 1. The highest BCUT2D eigenvalue weighted by molar-refractivity contribution is 5.93. The van der Waals surface area contributed by atoms with Crippen LogP contribution in [0.4, 0.5) is 4.39 Å². The zero-order chi connectivity index (χ0) is 19.1. The van der Waals surface area contributed by atoms with Crippen LogP contribution in [-0.2, 0) is 12.8 Å². The predicted molar refractivity (Wildman–Crippen MR) is 112 cm³/mol. The largest absolute Gasteiger partial charge is 0.317 e. The molecular formula is C24H27FN2. The van der Waals surface area contributed by atoms with Gasteiger partial charge < -0.3 is 9.47 Å². The molecule has 0 aliphatic carbocycles. The van der Waals surface area contributed by atoms with Gasteiger partial charge in [0.2, 0.25) is 0 Å². The molecule has 27 heavy (non-hydrogen) atoms. The van der Waals surface area contributed by atoms with Crippen molar-refractivity contribution in [3.8, 4) is 0 Å². The second kappa shape index (κ2) is 6.97. The summed E-state index contributed by atoms with van der Waals surface area (Å²) in [6.07, 6.45) is 2.13. The molecule has 0 atom stereocenters. The molecule has 0 radical (unpaired) electrons. The summed E-state index contributed by atoms with van der Waals surface area (Å²) in [5.41, 5.74) is 8.99. The Bertz CT molecular complexity index is 1020. The van der Waals surface area contributed by atoms with Crippen molar-refractivity contribution >= 4 is 22.2 Å². The van der Waals surface area contributed by atoms with E-state index in [1.807, 2.05) is 12.1 Å². The van der Waals surface area contributed by atoms with Crippen LogP contribution >= 0.6 is 0 Å². The highest BCUT2D eigenvalue weighted by Gasteiger charge is 2.22. The van der Waals surface area contributed by atoms with Gasteiger partial charge in [0, 0.05) is 36.3 Å². The van der Waals surface area contributed by atoms with E-state index >= 15 is 0 Å². The lowest BCUT2D eigenvalue weighted by atomic mass is 10.0. The summed E-state index contributed by atoms with van der Waals surface area (Å²) >= 11 is 0. The first kappa shape index (κ1) is 18.0. The van der Waals surface area contributed by atoms with E-state index in [4.69, 9.17) is 0 Å². The zero-order valence-electron chi connectivity index (χ0n) is 16.6. The van der Waals surface area contributed by atoms with E-state index in [1.165, 1.54) is 39.0 Å². The molecule has 0 saturated carbocycles. The number of benzene rings is 2. The van der Waals surface area contributed by atoms with Gasteiger partial charge in [-0.2, -0.15) is 0 Å². The normalized spacial score (nSPS) is 16.2. The number of allylic oxidation sites excluding steroid dienone is 2. The Labute approximate surface area is 160 Å². The van der Waals surface area contributed by atoms with E-state index in [-0.39, 0.29) is 5.82 Å². The first-order chi connectivity index (χ1) is 13.0. The highest BCUT2D eigenvalue weighted by atomic mass is 19.1. The van der Waals surface area contributed by atoms with Crippen LogP contribution in [0.3, 0.4) is 0 Å². The molecule has 2 nitrogen and oxygen atoms in total. The Morgan fingerprint density at radius 2 is 1.67 bits per heavy atom. The standard InChI is InChI=1S/C24H27FN2/c1-16-5-10-23-22(15-16)21-11-13-26(4)14-12-24(21)27(23)18(3)17(2)19-6-8-20(25)9-7-19/h5-10,15H,11-14H2,1-4H3/b18-17+. The van der Waals surface area contributed by atoms with Crippen molar-refractivity contribution in [2.45, 2.75) is 33.6 Å². The average Bonchev–Trinajstić information content (AvgIpc) is 2.83. The summed E-state index contributed by atoms with van der Waals surface area (Å²) in [6.45, 7) is 8.66. The lowest BCUT2D eigenvalue weighted by molar-refractivity contribution is 0.351. The summed E-state index contributed by atoms with van der Waals surface area (Å²) < 4.78 is 15.8. The SMILES string of the molecule is C/C(=C(/C)n1c2c(c3cc(C)ccc31)CCN(C)CC2)c1ccc(F)cc1. The number of aryl methyl sites for hydroxylation is 1. The van der Waals surface area contributed by atoms with Crippen molar-refractivity contribution < 1.29 is 4.39 Å². The Morgan fingerprint density at radius 3 is 2.41 bits per heavy atom. The van der Waals surface area contributed by atoms with Crippen LogP contribution < -0.4 is 0 Å². The summed E-state index contributed by atoms with van der Waals surface area (Å²) in [5, 5.41) is 1.38. The third-order valence-electron chi connectivity index (χ3n) is 5.97. The van der Waals surface area contributed by atoms with E-state index in [0.717, 1.165) is 31.5 Å². The molecule has 4 rings (SSSR count). The quantitative estimate of drug-likeness (QED) is 0.582. The highest BCUT2D eigenvalue weighted by Crippen LogP contribution is 2.34. The van der Waals surface area contributed by atoms with E-state index in [0.29, 0.717) is 0 Å². The summed E-state index contributed by atoms with van der Waals surface area (Å²) in [4.78, 5) is 2.41. The number of halogens is 1. The molecule has 0 unspecified atom stereocenters. The van der Waals surface area contributed by atoms with Gasteiger partial charge in [0.15, 0.2) is 0 Å². The summed E-state index contributed by atoms with van der Waals surface area (Å²) in [5.74, 6) is -0.192. The first-order valence-corrected chi connectivity index (χ1v) is 9.71. The van der Waals surface area contributed by atoms with Gasteiger partial charge in [0.1, 0.15) is 5.82 Å². The molecule has 140 valence electrons. The smallest absolute Gasteiger partial charge is 0.123 e. The molecule has 0 bridgehead atoms. The minimum atomic E-state index is -0.192. The van der Waals surface area contributed by atoms with Gasteiger partial charge in [-0.1, -0.05) is 23.8 Å². The molecular weight excluding hydrogens is 335 g/mol. The minimum absolute atomic E-state index is 0.192. The van der Waals surface area contributed by atoms with Crippen molar-refractivity contribution in [3.63, 3.8) is 0 Å². The predicted octanol–water partition coefficient (Wildman–Crippen LogP) is 5.53. The van der Waals surface area contributed by atoms with Gasteiger partial charge in [0.05, 0.1) is 5.52 Å². The fourth-order valence-electron chi connectivity index (χ4n) is 4.23. The first-order valence-electron chi connectivity index (χ1n) is 9.71. The maximum absolute atomic E-state index is 13.4. The van der Waals surface area contributed by atoms with Gasteiger partial charge in [-0.05, 0) is 75.2 Å². The molecule has 3 heteroatoms. The lowest BCUT2D eigenvalue weighted by Gasteiger charge is -2.17. The van der Waals surface area contributed by atoms with Crippen molar-refractivity contribution in [3.05, 3.63) is 70.7 Å². The number of aromatic nitrogens is 1. The number of nitrogens with zero attached hydrogens (tertiary/aromatic N) is 2. The third-order valence-corrected chi connectivity index (χ3v) is 5.97. The fraction of sp³-hybridized carbons (Fsp3) is 0.333. The van der Waals surface area contributed by atoms with Crippen LogP contribution in [-0.4, -0.2) is 29.6 Å². The second-order valence-corrected chi connectivity index (χ2v) is 7.80. The molecule has 1 aliphatic rings. The molecule has 2 heterocycles. The summed E-state index contributed by atoms with van der Waals surface area (Å²) in [7, 11) is 2.20. The van der Waals surface area contributed by atoms with E-state index in [1.54, 1.807) is 12.1 Å². The third kappa shape index (κ3) is 3.21. The second-order valence-electron chi connectivity index (χ2n) is 7.80. The van der Waals surface area contributed by atoms with Crippen molar-refractivity contribution in [1.29, 1.82) is 0 Å². The molecule has 1 aromatic heterocycles. The van der Waals surface area contributed by atoms with Crippen molar-refractivity contribution in [2.24, 2.45) is 0 Å². The maximum atomic E-state index is 13.4. The van der Waals surface area contributed by atoms with Crippen LogP contribution in [0.2, 0.25) is 0 Å².